The maximum atomic E-state index is 14.0. The van der Waals surface area contributed by atoms with Crippen LogP contribution in [-0.2, 0) is 6.54 Å². The van der Waals surface area contributed by atoms with Gasteiger partial charge in [-0.3, -0.25) is 0 Å². The molecule has 0 atom stereocenters. The van der Waals surface area contributed by atoms with Crippen molar-refractivity contribution in [2.75, 3.05) is 0 Å². The molecule has 1 fully saturated rings. The highest BCUT2D eigenvalue weighted by Crippen LogP contribution is 2.46. The van der Waals surface area contributed by atoms with E-state index >= 15 is 0 Å². The van der Waals surface area contributed by atoms with Gasteiger partial charge < -0.3 is 9.73 Å². The summed E-state index contributed by atoms with van der Waals surface area (Å²) in [5.74, 6) is 0.00165. The summed E-state index contributed by atoms with van der Waals surface area (Å²) >= 11 is 0. The zero-order valence-corrected chi connectivity index (χ0v) is 11.1. The third-order valence-corrected chi connectivity index (χ3v) is 3.48. The summed E-state index contributed by atoms with van der Waals surface area (Å²) in [5.41, 5.74) is 1.25. The van der Waals surface area contributed by atoms with Gasteiger partial charge in [0.05, 0.1) is 11.9 Å². The lowest BCUT2D eigenvalue weighted by Crippen LogP contribution is -2.22. The Balaban J connectivity index is 2.10. The Hall–Kier alpha value is -1.42. The van der Waals surface area contributed by atoms with Crippen LogP contribution in [0.1, 0.15) is 43.9 Å². The zero-order valence-electron chi connectivity index (χ0n) is 11.1. The van der Waals surface area contributed by atoms with Gasteiger partial charge in [0.2, 0.25) is 0 Å². The van der Waals surface area contributed by atoms with Crippen LogP contribution in [-0.4, -0.2) is 6.04 Å². The van der Waals surface area contributed by atoms with Crippen LogP contribution in [0.5, 0.6) is 0 Å². The lowest BCUT2D eigenvalue weighted by molar-refractivity contribution is 0.482. The summed E-state index contributed by atoms with van der Waals surface area (Å²) in [6.07, 6.45) is 2.11. The van der Waals surface area contributed by atoms with Crippen molar-refractivity contribution in [3.05, 3.63) is 35.1 Å². The highest BCUT2D eigenvalue weighted by atomic mass is 19.1. The third kappa shape index (κ3) is 2.37. The predicted molar refractivity (Wildman–Crippen MR) is 70.1 cm³/mol. The molecule has 0 radical (unpaired) electrons. The van der Waals surface area contributed by atoms with Crippen LogP contribution in [0.2, 0.25) is 0 Å². The molecule has 4 heteroatoms. The van der Waals surface area contributed by atoms with Crippen LogP contribution >= 0.6 is 0 Å². The molecule has 0 unspecified atom stereocenters. The van der Waals surface area contributed by atoms with E-state index in [9.17, 15) is 8.78 Å². The van der Waals surface area contributed by atoms with Crippen molar-refractivity contribution < 1.29 is 13.2 Å². The van der Waals surface area contributed by atoms with Gasteiger partial charge in [0.15, 0.2) is 0 Å². The second-order valence-corrected chi connectivity index (χ2v) is 5.51. The summed E-state index contributed by atoms with van der Waals surface area (Å²) in [4.78, 5) is 0. The molecule has 1 aromatic carbocycles. The van der Waals surface area contributed by atoms with Crippen molar-refractivity contribution in [3.8, 4) is 0 Å². The number of halogens is 2. The van der Waals surface area contributed by atoms with Gasteiger partial charge in [0, 0.05) is 23.7 Å². The first-order valence-corrected chi connectivity index (χ1v) is 6.70. The molecule has 0 amide bonds. The lowest BCUT2D eigenvalue weighted by Gasteiger charge is -2.07. The van der Waals surface area contributed by atoms with Crippen molar-refractivity contribution >= 4 is 11.0 Å². The fraction of sp³-hybridized carbons (Fsp3) is 0.467. The molecule has 19 heavy (non-hydrogen) atoms. The highest BCUT2D eigenvalue weighted by Gasteiger charge is 2.32. The van der Waals surface area contributed by atoms with Crippen molar-refractivity contribution in [1.29, 1.82) is 0 Å². The molecular formula is C15H17F2NO. The predicted octanol–water partition coefficient (Wildman–Crippen LogP) is 4.09. The first kappa shape index (κ1) is 12.6. The highest BCUT2D eigenvalue weighted by molar-refractivity contribution is 5.84. The average molecular weight is 265 g/mol. The van der Waals surface area contributed by atoms with Crippen molar-refractivity contribution in [3.63, 3.8) is 0 Å². The van der Waals surface area contributed by atoms with E-state index in [0.29, 0.717) is 29.5 Å². The van der Waals surface area contributed by atoms with E-state index in [0.717, 1.165) is 30.2 Å². The van der Waals surface area contributed by atoms with Crippen molar-refractivity contribution in [1.82, 2.24) is 5.32 Å². The SMILES string of the molecule is CC(C)NCc1oc2cc(F)cc(F)c2c1C1CC1. The molecule has 102 valence electrons. The van der Waals surface area contributed by atoms with E-state index in [1.165, 1.54) is 6.07 Å². The molecule has 1 aliphatic rings. The van der Waals surface area contributed by atoms with E-state index in [-0.39, 0.29) is 0 Å². The number of rotatable bonds is 4. The van der Waals surface area contributed by atoms with Crippen molar-refractivity contribution in [2.24, 2.45) is 0 Å². The Morgan fingerprint density at radius 2 is 2.05 bits per heavy atom. The van der Waals surface area contributed by atoms with Crippen LogP contribution in [0.3, 0.4) is 0 Å². The topological polar surface area (TPSA) is 25.2 Å². The molecule has 1 N–H and O–H groups in total. The van der Waals surface area contributed by atoms with Crippen LogP contribution in [0.15, 0.2) is 16.5 Å². The van der Waals surface area contributed by atoms with E-state index in [2.05, 4.69) is 5.32 Å². The summed E-state index contributed by atoms with van der Waals surface area (Å²) in [6.45, 7) is 4.64. The minimum atomic E-state index is -0.593. The van der Waals surface area contributed by atoms with Crippen LogP contribution in [0.25, 0.3) is 11.0 Å². The Morgan fingerprint density at radius 3 is 2.68 bits per heavy atom. The number of nitrogens with one attached hydrogen (secondary N) is 1. The van der Waals surface area contributed by atoms with Gasteiger partial charge in [0.25, 0.3) is 0 Å². The van der Waals surface area contributed by atoms with Gasteiger partial charge in [-0.1, -0.05) is 13.8 Å². The van der Waals surface area contributed by atoms with Gasteiger partial charge in [-0.05, 0) is 18.8 Å². The molecule has 2 aromatic rings. The zero-order chi connectivity index (χ0) is 13.6. The van der Waals surface area contributed by atoms with E-state index in [1.807, 2.05) is 13.8 Å². The molecule has 2 nitrogen and oxygen atoms in total. The number of furan rings is 1. The van der Waals surface area contributed by atoms with Gasteiger partial charge in [-0.15, -0.1) is 0 Å². The Labute approximate surface area is 110 Å². The molecule has 0 aliphatic heterocycles. The fourth-order valence-corrected chi connectivity index (χ4v) is 2.45. The minimum Gasteiger partial charge on any atom is -0.459 e. The molecule has 1 saturated carbocycles. The third-order valence-electron chi connectivity index (χ3n) is 3.48. The van der Waals surface area contributed by atoms with Gasteiger partial charge in [-0.25, -0.2) is 8.78 Å². The molecule has 3 rings (SSSR count). The molecule has 0 bridgehead atoms. The van der Waals surface area contributed by atoms with Crippen LogP contribution in [0, 0.1) is 11.6 Å². The molecular weight excluding hydrogens is 248 g/mol. The van der Waals surface area contributed by atoms with Gasteiger partial charge in [0.1, 0.15) is 23.0 Å². The maximum Gasteiger partial charge on any atom is 0.140 e. The summed E-state index contributed by atoms with van der Waals surface area (Å²) < 4.78 is 32.9. The molecule has 1 aliphatic carbocycles. The maximum absolute atomic E-state index is 14.0. The van der Waals surface area contributed by atoms with E-state index in [1.54, 1.807) is 0 Å². The molecule has 1 heterocycles. The quantitative estimate of drug-likeness (QED) is 0.900. The molecule has 1 aromatic heterocycles. The summed E-state index contributed by atoms with van der Waals surface area (Å²) in [6, 6.07) is 2.52. The summed E-state index contributed by atoms with van der Waals surface area (Å²) in [7, 11) is 0. The van der Waals surface area contributed by atoms with Gasteiger partial charge >= 0.3 is 0 Å². The van der Waals surface area contributed by atoms with Crippen LogP contribution in [0.4, 0.5) is 8.78 Å². The number of fused-ring (bicyclic) bond motifs is 1. The average Bonchev–Trinajstić information content (AvgIpc) is 3.08. The standard InChI is InChI=1S/C15H17F2NO/c1-8(2)18-7-13-14(9-3-4-9)15-11(17)5-10(16)6-12(15)19-13/h5-6,8-9,18H,3-4,7H2,1-2H3. The number of hydrogen-bond acceptors (Lipinski definition) is 2. The van der Waals surface area contributed by atoms with Crippen LogP contribution < -0.4 is 5.32 Å². The molecule has 0 saturated heterocycles. The second kappa shape index (κ2) is 4.60. The molecule has 0 spiro atoms. The Kier molecular flexibility index (Phi) is 3.05. The lowest BCUT2D eigenvalue weighted by atomic mass is 10.1. The summed E-state index contributed by atoms with van der Waals surface area (Å²) in [5, 5.41) is 3.73. The second-order valence-electron chi connectivity index (χ2n) is 5.51. The first-order valence-electron chi connectivity index (χ1n) is 6.70. The smallest absolute Gasteiger partial charge is 0.140 e. The number of benzene rings is 1. The largest absolute Gasteiger partial charge is 0.459 e. The van der Waals surface area contributed by atoms with Gasteiger partial charge in [-0.2, -0.15) is 0 Å². The van der Waals surface area contributed by atoms with E-state index < -0.39 is 11.6 Å². The minimum absolute atomic E-state index is 0.319. The fourth-order valence-electron chi connectivity index (χ4n) is 2.45. The Bertz CT molecular complexity index is 614. The monoisotopic (exact) mass is 265 g/mol. The van der Waals surface area contributed by atoms with Crippen molar-refractivity contribution in [2.45, 2.75) is 45.2 Å². The number of hydrogen-bond donors (Lipinski definition) is 1. The van der Waals surface area contributed by atoms with E-state index in [4.69, 9.17) is 4.42 Å². The normalized spacial score (nSPS) is 15.6. The first-order chi connectivity index (χ1) is 9.06. The Morgan fingerprint density at radius 1 is 1.32 bits per heavy atom.